The minimum Gasteiger partial charge on any atom is -0.310 e. The molecule has 0 bridgehead atoms. The molecule has 0 spiro atoms. The first-order valence-corrected chi connectivity index (χ1v) is 24.6. The summed E-state index contributed by atoms with van der Waals surface area (Å²) >= 11 is 0. The smallest absolute Gasteiger partial charge is 0.0465 e. The van der Waals surface area contributed by atoms with E-state index in [9.17, 15) is 0 Å². The third-order valence-electron chi connectivity index (χ3n) is 14.3. The fourth-order valence-electron chi connectivity index (χ4n) is 10.5. The summed E-state index contributed by atoms with van der Waals surface area (Å²) in [5.74, 6) is 0. The zero-order valence-corrected chi connectivity index (χ0v) is 40.0. The van der Waals surface area contributed by atoms with Crippen LogP contribution in [0, 0.1) is 0 Å². The summed E-state index contributed by atoms with van der Waals surface area (Å²) in [4.78, 5) is 4.79. The Morgan fingerprint density at radius 3 is 0.704 bits per heavy atom. The van der Waals surface area contributed by atoms with E-state index in [2.05, 4.69) is 303 Å². The van der Waals surface area contributed by atoms with Crippen molar-refractivity contribution in [3.05, 3.63) is 290 Å². The van der Waals surface area contributed by atoms with Crippen LogP contribution in [0.4, 0.5) is 34.1 Å². The second kappa shape index (κ2) is 18.5. The summed E-state index contributed by atoms with van der Waals surface area (Å²) in [5.41, 5.74) is 23.7. The van der Waals surface area contributed by atoms with Crippen LogP contribution in [0.15, 0.2) is 279 Å². The van der Waals surface area contributed by atoms with E-state index >= 15 is 0 Å². The van der Waals surface area contributed by atoms with Crippen LogP contribution in [0.1, 0.15) is 25.0 Å². The van der Waals surface area contributed by atoms with Gasteiger partial charge in [0.05, 0.1) is 0 Å². The number of fused-ring (bicyclic) bond motifs is 3. The number of para-hydroxylation sites is 1. The van der Waals surface area contributed by atoms with Crippen molar-refractivity contribution in [3.8, 4) is 66.8 Å². The molecule has 0 radical (unpaired) electrons. The van der Waals surface area contributed by atoms with E-state index in [1.54, 1.807) is 0 Å². The molecule has 0 saturated heterocycles. The maximum atomic E-state index is 2.43. The molecule has 0 heterocycles. The van der Waals surface area contributed by atoms with E-state index in [-0.39, 0.29) is 5.41 Å². The van der Waals surface area contributed by atoms with E-state index in [1.165, 1.54) is 77.9 Å². The molecule has 1 aliphatic rings. The highest BCUT2D eigenvalue weighted by molar-refractivity contribution is 5.89. The quantitative estimate of drug-likeness (QED) is 0.128. The van der Waals surface area contributed by atoms with E-state index < -0.39 is 0 Å². The van der Waals surface area contributed by atoms with Crippen LogP contribution in [0.3, 0.4) is 0 Å². The molecule has 2 heteroatoms. The zero-order chi connectivity index (χ0) is 47.7. The molecule has 2 nitrogen and oxygen atoms in total. The summed E-state index contributed by atoms with van der Waals surface area (Å²) < 4.78 is 0. The van der Waals surface area contributed by atoms with Crippen molar-refractivity contribution in [1.29, 1.82) is 0 Å². The highest BCUT2D eigenvalue weighted by atomic mass is 15.1. The minimum absolute atomic E-state index is 0.270. The molecule has 0 atom stereocenters. The third-order valence-corrected chi connectivity index (χ3v) is 14.3. The van der Waals surface area contributed by atoms with Gasteiger partial charge in [0.2, 0.25) is 0 Å². The highest BCUT2D eigenvalue weighted by Gasteiger charge is 2.37. The number of rotatable bonds is 11. The van der Waals surface area contributed by atoms with Gasteiger partial charge >= 0.3 is 0 Å². The summed E-state index contributed by atoms with van der Waals surface area (Å²) in [6.07, 6.45) is 0. The molecule has 0 fully saturated rings. The second-order valence-electron chi connectivity index (χ2n) is 19.0. The van der Waals surface area contributed by atoms with Gasteiger partial charge in [0, 0.05) is 39.5 Å². The normalized spacial score (nSPS) is 12.2. The molecule has 0 unspecified atom stereocenters. The lowest BCUT2D eigenvalue weighted by atomic mass is 9.82. The summed E-state index contributed by atoms with van der Waals surface area (Å²) in [5, 5.41) is 0. The Balaban J connectivity index is 0.877. The van der Waals surface area contributed by atoms with Crippen LogP contribution < -0.4 is 9.80 Å². The number of hydrogen-bond acceptors (Lipinski definition) is 2. The standard InChI is InChI=1S/C69H52N2/c1-69(2)67-47-63(70(59-21-13-6-14-22-59)60-39-33-57(34-40-60)54-27-23-52(24-28-54)49-15-7-3-8-16-49)43-45-65(67)66-46-44-64(48-68(66)69)71(61-37-31-56(32-38-61)51-19-11-5-12-20-51)62-41-35-58(36-42-62)55-29-25-53(26-30-55)50-17-9-4-10-18-50/h3-48H,1-2H3. The summed E-state index contributed by atoms with van der Waals surface area (Å²) in [7, 11) is 0. The number of nitrogens with zero attached hydrogens (tertiary/aromatic N) is 2. The maximum absolute atomic E-state index is 2.43. The first kappa shape index (κ1) is 43.3. The molecule has 0 aromatic heterocycles. The summed E-state index contributed by atoms with van der Waals surface area (Å²) in [6, 6.07) is 101. The Labute approximate surface area is 418 Å². The highest BCUT2D eigenvalue weighted by Crippen LogP contribution is 2.52. The predicted molar refractivity (Wildman–Crippen MR) is 301 cm³/mol. The SMILES string of the molecule is CC1(C)c2cc(N(c3ccccc3)c3ccc(-c4ccc(-c5ccccc5)cc4)cc3)ccc2-c2ccc(N(c3ccc(-c4ccccc4)cc3)c3ccc(-c4ccc(-c5ccccc5)cc4)cc3)cc21. The lowest BCUT2D eigenvalue weighted by Gasteiger charge is -2.29. The van der Waals surface area contributed by atoms with Crippen LogP contribution in [0.2, 0.25) is 0 Å². The van der Waals surface area contributed by atoms with Gasteiger partial charge in [-0.15, -0.1) is 0 Å². The van der Waals surface area contributed by atoms with Crippen molar-refractivity contribution in [2.24, 2.45) is 0 Å². The first-order chi connectivity index (χ1) is 34.9. The summed E-state index contributed by atoms with van der Waals surface area (Å²) in [6.45, 7) is 4.76. The van der Waals surface area contributed by atoms with Gasteiger partial charge in [0.25, 0.3) is 0 Å². The Morgan fingerprint density at radius 2 is 0.423 bits per heavy atom. The van der Waals surface area contributed by atoms with E-state index in [4.69, 9.17) is 0 Å². The molecule has 0 N–H and O–H groups in total. The van der Waals surface area contributed by atoms with Crippen LogP contribution in [0.5, 0.6) is 0 Å². The van der Waals surface area contributed by atoms with Crippen LogP contribution in [-0.2, 0) is 5.41 Å². The van der Waals surface area contributed by atoms with E-state index in [0.717, 1.165) is 34.1 Å². The molecule has 1 aliphatic carbocycles. The van der Waals surface area contributed by atoms with Crippen molar-refractivity contribution >= 4 is 34.1 Å². The fourth-order valence-corrected chi connectivity index (χ4v) is 10.5. The lowest BCUT2D eigenvalue weighted by Crippen LogP contribution is -2.17. The Morgan fingerprint density at radius 1 is 0.211 bits per heavy atom. The monoisotopic (exact) mass is 908 g/mol. The molecule has 0 amide bonds. The fraction of sp³-hybridized carbons (Fsp3) is 0.0435. The zero-order valence-electron chi connectivity index (χ0n) is 40.0. The van der Waals surface area contributed by atoms with Crippen LogP contribution >= 0.6 is 0 Å². The van der Waals surface area contributed by atoms with Crippen LogP contribution in [-0.4, -0.2) is 0 Å². The van der Waals surface area contributed by atoms with Gasteiger partial charge in [0.15, 0.2) is 0 Å². The van der Waals surface area contributed by atoms with Gasteiger partial charge in [-0.2, -0.15) is 0 Å². The molecule has 0 saturated carbocycles. The van der Waals surface area contributed by atoms with Gasteiger partial charge in [0.1, 0.15) is 0 Å². The number of benzene rings is 11. The van der Waals surface area contributed by atoms with Gasteiger partial charge < -0.3 is 9.80 Å². The Kier molecular flexibility index (Phi) is 11.3. The van der Waals surface area contributed by atoms with Gasteiger partial charge in [-0.3, -0.25) is 0 Å². The predicted octanol–water partition coefficient (Wildman–Crippen LogP) is 19.3. The van der Waals surface area contributed by atoms with E-state index in [0.29, 0.717) is 0 Å². The topological polar surface area (TPSA) is 6.48 Å². The third kappa shape index (κ3) is 8.41. The average Bonchev–Trinajstić information content (AvgIpc) is 3.67. The molecular formula is C69H52N2. The molecule has 11 aromatic rings. The van der Waals surface area contributed by atoms with Crippen molar-refractivity contribution in [3.63, 3.8) is 0 Å². The van der Waals surface area contributed by atoms with Crippen molar-refractivity contribution in [2.75, 3.05) is 9.80 Å². The molecular weight excluding hydrogens is 857 g/mol. The van der Waals surface area contributed by atoms with Gasteiger partial charge in [-0.1, -0.05) is 220 Å². The van der Waals surface area contributed by atoms with Crippen molar-refractivity contribution < 1.29 is 0 Å². The minimum atomic E-state index is -0.270. The Hall–Kier alpha value is -8.98. The molecule has 71 heavy (non-hydrogen) atoms. The van der Waals surface area contributed by atoms with Crippen molar-refractivity contribution in [1.82, 2.24) is 0 Å². The van der Waals surface area contributed by atoms with Crippen LogP contribution in [0.25, 0.3) is 66.8 Å². The van der Waals surface area contributed by atoms with Gasteiger partial charge in [-0.05, 0) is 151 Å². The van der Waals surface area contributed by atoms with Crippen molar-refractivity contribution in [2.45, 2.75) is 19.3 Å². The Bertz CT molecular complexity index is 3590. The van der Waals surface area contributed by atoms with Gasteiger partial charge in [-0.25, -0.2) is 0 Å². The molecule has 0 aliphatic heterocycles. The largest absolute Gasteiger partial charge is 0.310 e. The number of anilines is 6. The molecule has 338 valence electrons. The number of hydrogen-bond donors (Lipinski definition) is 0. The second-order valence-corrected chi connectivity index (χ2v) is 19.0. The maximum Gasteiger partial charge on any atom is 0.0465 e. The van der Waals surface area contributed by atoms with E-state index in [1.807, 2.05) is 0 Å². The first-order valence-electron chi connectivity index (χ1n) is 24.6. The molecule has 11 aromatic carbocycles. The molecule has 12 rings (SSSR count). The average molecular weight is 909 g/mol. The lowest BCUT2D eigenvalue weighted by molar-refractivity contribution is 0.660.